The molecule has 0 aliphatic carbocycles. The second kappa shape index (κ2) is 5.88. The van der Waals surface area contributed by atoms with Crippen LogP contribution < -0.4 is 9.75 Å². The third kappa shape index (κ3) is 2.24. The Morgan fingerprint density at radius 1 is 0.808 bits per heavy atom. The van der Waals surface area contributed by atoms with Gasteiger partial charge in [-0.05, 0) is 61.4 Å². The molecule has 0 saturated heterocycles. The average Bonchev–Trinajstić information content (AvgIpc) is 3.13. The lowest BCUT2D eigenvalue weighted by atomic mass is 10.0. The second-order valence-corrected chi connectivity index (χ2v) is 6.34. The first-order chi connectivity index (χ1) is 12.5. The number of rotatable bonds is 3. The number of imide groups is 1. The maximum atomic E-state index is 12.9. The molecule has 1 aliphatic heterocycles. The summed E-state index contributed by atoms with van der Waals surface area (Å²) in [7, 11) is 1.63. The van der Waals surface area contributed by atoms with Crippen LogP contribution in [0.1, 0.15) is 31.8 Å². The monoisotopic (exact) mass is 346 g/mol. The number of amides is 2. The van der Waals surface area contributed by atoms with E-state index in [4.69, 9.17) is 4.74 Å². The standard InChI is InChI=1S/C21H18N2O3/c1-13-10-11-22(19(13)16-9-8-15(26-3)12-14(16)2)23-20(24)17-6-4-5-7-18(17)21(23)25/h4-12H,1-3H3. The number of ether oxygens (including phenoxy) is 1. The van der Waals surface area contributed by atoms with E-state index in [9.17, 15) is 9.59 Å². The molecule has 130 valence electrons. The van der Waals surface area contributed by atoms with E-state index in [0.29, 0.717) is 11.1 Å². The van der Waals surface area contributed by atoms with E-state index in [1.165, 1.54) is 5.01 Å². The fourth-order valence-electron chi connectivity index (χ4n) is 3.42. The van der Waals surface area contributed by atoms with Crippen molar-refractivity contribution in [2.24, 2.45) is 0 Å². The molecule has 0 spiro atoms. The normalized spacial score (nSPS) is 13.3. The number of hydrogen-bond donors (Lipinski definition) is 0. The van der Waals surface area contributed by atoms with Gasteiger partial charge in [0.15, 0.2) is 0 Å². The smallest absolute Gasteiger partial charge is 0.281 e. The van der Waals surface area contributed by atoms with E-state index in [-0.39, 0.29) is 11.8 Å². The Morgan fingerprint density at radius 3 is 2.04 bits per heavy atom. The molecule has 0 radical (unpaired) electrons. The molecule has 0 saturated carbocycles. The third-order valence-corrected chi connectivity index (χ3v) is 4.75. The van der Waals surface area contributed by atoms with Crippen molar-refractivity contribution in [3.8, 4) is 17.0 Å². The summed E-state index contributed by atoms with van der Waals surface area (Å²) in [5.41, 5.74) is 4.62. The molecule has 0 atom stereocenters. The minimum atomic E-state index is -0.311. The number of hydrogen-bond acceptors (Lipinski definition) is 3. The van der Waals surface area contributed by atoms with Gasteiger partial charge in [0.05, 0.1) is 23.9 Å². The molecule has 1 aliphatic rings. The Kier molecular flexibility index (Phi) is 3.65. The zero-order valence-electron chi connectivity index (χ0n) is 14.8. The van der Waals surface area contributed by atoms with Gasteiger partial charge in [-0.25, -0.2) is 4.68 Å². The highest BCUT2D eigenvalue weighted by Crippen LogP contribution is 2.32. The minimum Gasteiger partial charge on any atom is -0.497 e. The van der Waals surface area contributed by atoms with Crippen LogP contribution in [0.5, 0.6) is 5.75 Å². The minimum absolute atomic E-state index is 0.311. The van der Waals surface area contributed by atoms with Gasteiger partial charge in [-0.1, -0.05) is 12.1 Å². The van der Waals surface area contributed by atoms with Crippen molar-refractivity contribution in [1.29, 1.82) is 0 Å². The molecular formula is C21H18N2O3. The Morgan fingerprint density at radius 2 is 1.46 bits per heavy atom. The van der Waals surface area contributed by atoms with Gasteiger partial charge in [0.2, 0.25) is 0 Å². The first-order valence-electron chi connectivity index (χ1n) is 8.34. The summed E-state index contributed by atoms with van der Waals surface area (Å²) in [4.78, 5) is 25.7. The van der Waals surface area contributed by atoms with Gasteiger partial charge < -0.3 is 4.74 Å². The predicted octanol–water partition coefficient (Wildman–Crippen LogP) is 3.71. The van der Waals surface area contributed by atoms with Crippen molar-refractivity contribution in [2.45, 2.75) is 13.8 Å². The summed E-state index contributed by atoms with van der Waals surface area (Å²) < 4.78 is 6.93. The molecule has 0 bridgehead atoms. The summed E-state index contributed by atoms with van der Waals surface area (Å²) in [6.07, 6.45) is 1.76. The first kappa shape index (κ1) is 16.1. The number of carbonyl (C=O) groups excluding carboxylic acids is 2. The summed E-state index contributed by atoms with van der Waals surface area (Å²) in [6, 6.07) is 14.6. The van der Waals surface area contributed by atoms with Gasteiger partial charge in [0, 0.05) is 11.8 Å². The molecule has 5 nitrogen and oxygen atoms in total. The highest BCUT2D eigenvalue weighted by Gasteiger charge is 2.37. The van der Waals surface area contributed by atoms with E-state index in [2.05, 4.69) is 0 Å². The molecule has 2 heterocycles. The molecule has 3 aromatic rings. The first-order valence-corrected chi connectivity index (χ1v) is 8.34. The van der Waals surface area contributed by atoms with E-state index < -0.39 is 0 Å². The third-order valence-electron chi connectivity index (χ3n) is 4.75. The molecule has 5 heteroatoms. The van der Waals surface area contributed by atoms with Crippen molar-refractivity contribution in [3.63, 3.8) is 0 Å². The van der Waals surface area contributed by atoms with Crippen molar-refractivity contribution < 1.29 is 14.3 Å². The molecule has 1 aromatic heterocycles. The summed E-state index contributed by atoms with van der Waals surface area (Å²) in [5.74, 6) is 0.143. The number of aromatic nitrogens is 1. The van der Waals surface area contributed by atoms with E-state index in [1.54, 1.807) is 42.2 Å². The average molecular weight is 346 g/mol. The van der Waals surface area contributed by atoms with Gasteiger partial charge in [0.1, 0.15) is 5.75 Å². The zero-order valence-corrected chi connectivity index (χ0v) is 14.8. The van der Waals surface area contributed by atoms with Crippen molar-refractivity contribution in [3.05, 3.63) is 77.0 Å². The molecule has 2 amide bonds. The quantitative estimate of drug-likeness (QED) is 0.679. The van der Waals surface area contributed by atoms with Crippen LogP contribution in [-0.4, -0.2) is 23.6 Å². The number of carbonyl (C=O) groups is 2. The Labute approximate surface area is 151 Å². The molecule has 2 aromatic carbocycles. The van der Waals surface area contributed by atoms with Crippen molar-refractivity contribution >= 4 is 11.8 Å². The van der Waals surface area contributed by atoms with Crippen LogP contribution in [0.4, 0.5) is 0 Å². The Balaban J connectivity index is 1.87. The maximum absolute atomic E-state index is 12.9. The van der Waals surface area contributed by atoms with Gasteiger partial charge in [-0.2, -0.15) is 5.01 Å². The van der Waals surface area contributed by atoms with Crippen LogP contribution in [0.25, 0.3) is 11.3 Å². The zero-order chi connectivity index (χ0) is 18.4. The molecule has 0 N–H and O–H groups in total. The van der Waals surface area contributed by atoms with E-state index in [1.807, 2.05) is 38.1 Å². The molecular weight excluding hydrogens is 328 g/mol. The van der Waals surface area contributed by atoms with Crippen molar-refractivity contribution in [2.75, 3.05) is 12.1 Å². The van der Waals surface area contributed by atoms with Crippen LogP contribution in [0, 0.1) is 13.8 Å². The van der Waals surface area contributed by atoms with Crippen LogP contribution in [0.2, 0.25) is 0 Å². The van der Waals surface area contributed by atoms with E-state index in [0.717, 1.165) is 28.1 Å². The highest BCUT2D eigenvalue weighted by atomic mass is 16.5. The van der Waals surface area contributed by atoms with Crippen LogP contribution in [0.15, 0.2) is 54.7 Å². The fraction of sp³-hybridized carbons (Fsp3) is 0.143. The lowest BCUT2D eigenvalue weighted by molar-refractivity contribution is 0.0887. The van der Waals surface area contributed by atoms with E-state index >= 15 is 0 Å². The number of nitrogens with zero attached hydrogens (tertiary/aromatic N) is 2. The van der Waals surface area contributed by atoms with Crippen LogP contribution in [0.3, 0.4) is 0 Å². The largest absolute Gasteiger partial charge is 0.497 e. The molecule has 26 heavy (non-hydrogen) atoms. The fourth-order valence-corrected chi connectivity index (χ4v) is 3.42. The number of methoxy groups -OCH3 is 1. The lowest BCUT2D eigenvalue weighted by Crippen LogP contribution is -2.39. The number of aryl methyl sites for hydroxylation is 2. The lowest BCUT2D eigenvalue weighted by Gasteiger charge is -2.20. The second-order valence-electron chi connectivity index (χ2n) is 6.34. The van der Waals surface area contributed by atoms with Gasteiger partial charge in [-0.15, -0.1) is 0 Å². The Bertz CT molecular complexity index is 1010. The SMILES string of the molecule is COc1ccc(-c2c(C)ccn2N2C(=O)c3ccccc3C2=O)c(C)c1. The predicted molar refractivity (Wildman–Crippen MR) is 99.2 cm³/mol. The Hall–Kier alpha value is -3.34. The van der Waals surface area contributed by atoms with Crippen LogP contribution >= 0.6 is 0 Å². The number of benzene rings is 2. The summed E-state index contributed by atoms with van der Waals surface area (Å²) in [5, 5.41) is 1.21. The van der Waals surface area contributed by atoms with Crippen LogP contribution in [-0.2, 0) is 0 Å². The summed E-state index contributed by atoms with van der Waals surface area (Å²) >= 11 is 0. The van der Waals surface area contributed by atoms with Crippen molar-refractivity contribution in [1.82, 2.24) is 4.68 Å². The topological polar surface area (TPSA) is 51.5 Å². The van der Waals surface area contributed by atoms with Gasteiger partial charge in [-0.3, -0.25) is 9.59 Å². The number of fused-ring (bicyclic) bond motifs is 1. The summed E-state index contributed by atoms with van der Waals surface area (Å²) in [6.45, 7) is 3.95. The molecule has 4 rings (SSSR count). The highest BCUT2D eigenvalue weighted by molar-refractivity contribution is 6.30. The van der Waals surface area contributed by atoms with Gasteiger partial charge >= 0.3 is 0 Å². The van der Waals surface area contributed by atoms with Gasteiger partial charge in [0.25, 0.3) is 11.8 Å². The maximum Gasteiger partial charge on any atom is 0.281 e. The molecule has 0 fully saturated rings. The molecule has 0 unspecified atom stereocenters.